The number of nitrogens with one attached hydrogen (secondary N) is 2. The minimum absolute atomic E-state index is 0.0740. The summed E-state index contributed by atoms with van der Waals surface area (Å²) in [6.45, 7) is 0.265. The monoisotopic (exact) mass is 528 g/mol. The minimum atomic E-state index is -1.37. The fraction of sp³-hybridized carbons (Fsp3) is 0.920. The Labute approximate surface area is 216 Å². The van der Waals surface area contributed by atoms with Crippen LogP contribution in [0.25, 0.3) is 0 Å². The predicted molar refractivity (Wildman–Crippen MR) is 128 cm³/mol. The highest BCUT2D eigenvalue weighted by molar-refractivity contribution is 6.05. The maximum atomic E-state index is 14.0. The summed E-state index contributed by atoms with van der Waals surface area (Å²) >= 11 is 0. The number of carbonyl (C=O) groups is 2. The number of alkyl halides is 1. The number of carbonyl (C=O) groups excluding carboxylic acids is 2. The lowest BCUT2D eigenvalue weighted by atomic mass is 9.83. The van der Waals surface area contributed by atoms with Crippen molar-refractivity contribution >= 4 is 11.8 Å². The van der Waals surface area contributed by atoms with Gasteiger partial charge >= 0.3 is 0 Å². The Morgan fingerprint density at radius 3 is 2.57 bits per heavy atom. The normalized spacial score (nSPS) is 42.6. The van der Waals surface area contributed by atoms with Gasteiger partial charge in [0.1, 0.15) is 30.6 Å². The van der Waals surface area contributed by atoms with Gasteiger partial charge in [0.2, 0.25) is 5.91 Å². The quantitative estimate of drug-likeness (QED) is 0.280. The van der Waals surface area contributed by atoms with Crippen LogP contribution in [-0.2, 0) is 19.1 Å². The second kappa shape index (κ2) is 11.9. The van der Waals surface area contributed by atoms with Gasteiger partial charge in [0.05, 0.1) is 19.1 Å². The summed E-state index contributed by atoms with van der Waals surface area (Å²) in [4.78, 5) is 27.0. The highest BCUT2D eigenvalue weighted by Crippen LogP contribution is 2.33. The molecule has 5 rings (SSSR count). The number of rotatable bonds is 7. The summed E-state index contributed by atoms with van der Waals surface area (Å²) in [7, 11) is 0. The van der Waals surface area contributed by atoms with Gasteiger partial charge in [-0.15, -0.1) is 0 Å². The Balaban J connectivity index is 1.23. The van der Waals surface area contributed by atoms with E-state index in [1.807, 2.05) is 0 Å². The van der Waals surface area contributed by atoms with E-state index in [-0.39, 0.29) is 24.3 Å². The van der Waals surface area contributed by atoms with E-state index >= 15 is 0 Å². The third kappa shape index (κ3) is 5.86. The lowest BCUT2D eigenvalue weighted by molar-refractivity contribution is -0.300. The number of aliphatic hydroxyl groups is 3. The van der Waals surface area contributed by atoms with Crippen LogP contribution in [0.5, 0.6) is 0 Å². The van der Waals surface area contributed by atoms with Crippen LogP contribution >= 0.6 is 0 Å². The number of halogens is 1. The second-order valence-corrected chi connectivity index (χ2v) is 11.4. The van der Waals surface area contributed by atoms with E-state index < -0.39 is 55.4 Å². The third-order valence-corrected chi connectivity index (χ3v) is 8.88. The van der Waals surface area contributed by atoms with Crippen molar-refractivity contribution in [3.05, 3.63) is 0 Å². The van der Waals surface area contributed by atoms with E-state index in [4.69, 9.17) is 9.47 Å². The number of ether oxygens (including phenoxy) is 2. The number of imide groups is 1. The first-order chi connectivity index (χ1) is 17.9. The number of hydrazine groups is 2. The number of hydrogen-bond acceptors (Lipinski definition) is 10. The van der Waals surface area contributed by atoms with Crippen molar-refractivity contribution in [1.29, 1.82) is 0 Å². The molecule has 0 aromatic heterocycles. The van der Waals surface area contributed by atoms with Crippen molar-refractivity contribution < 1.29 is 38.8 Å². The summed E-state index contributed by atoms with van der Waals surface area (Å²) in [6.07, 6.45) is 1.07. The van der Waals surface area contributed by atoms with E-state index in [2.05, 4.69) is 11.0 Å². The molecule has 3 aliphatic heterocycles. The zero-order chi connectivity index (χ0) is 26.1. The van der Waals surface area contributed by atoms with Crippen LogP contribution in [0, 0.1) is 11.8 Å². The maximum absolute atomic E-state index is 14.0. The summed E-state index contributed by atoms with van der Waals surface area (Å²) in [5.74, 6) is -0.316. The maximum Gasteiger partial charge on any atom is 0.258 e. The molecule has 5 aliphatic rings. The molecule has 2 aliphatic carbocycles. The molecule has 5 N–H and O–H groups in total. The largest absolute Gasteiger partial charge is 0.394 e. The average molecular weight is 529 g/mol. The first kappa shape index (κ1) is 27.3. The Kier molecular flexibility index (Phi) is 8.76. The summed E-state index contributed by atoms with van der Waals surface area (Å²) in [6, 6.07) is -1.00. The van der Waals surface area contributed by atoms with Crippen LogP contribution in [-0.4, -0.2) is 106 Å². The first-order valence-electron chi connectivity index (χ1n) is 13.9. The van der Waals surface area contributed by atoms with Crippen molar-refractivity contribution in [3.63, 3.8) is 0 Å². The summed E-state index contributed by atoms with van der Waals surface area (Å²) < 4.78 is 25.5. The molecule has 0 radical (unpaired) electrons. The molecule has 0 aromatic carbocycles. The zero-order valence-electron chi connectivity index (χ0n) is 21.2. The van der Waals surface area contributed by atoms with E-state index in [1.54, 1.807) is 5.01 Å². The van der Waals surface area contributed by atoms with Gasteiger partial charge < -0.3 is 24.8 Å². The van der Waals surface area contributed by atoms with Gasteiger partial charge in [-0.05, 0) is 43.9 Å². The Morgan fingerprint density at radius 1 is 1.05 bits per heavy atom. The van der Waals surface area contributed by atoms with Gasteiger partial charge in [-0.2, -0.15) is 5.53 Å². The lowest BCUT2D eigenvalue weighted by Crippen LogP contribution is -2.67. The van der Waals surface area contributed by atoms with Gasteiger partial charge in [0.15, 0.2) is 6.29 Å². The predicted octanol–water partition coefficient (Wildman–Crippen LogP) is -0.260. The Hall–Kier alpha value is -1.25. The molecule has 3 saturated heterocycles. The summed E-state index contributed by atoms with van der Waals surface area (Å²) in [5, 5.41) is 33.6. The average Bonchev–Trinajstić information content (AvgIpc) is 3.47. The molecule has 0 bridgehead atoms. The Bertz CT molecular complexity index is 818. The molecule has 2 amide bonds. The molecule has 210 valence electrons. The van der Waals surface area contributed by atoms with E-state index in [9.17, 15) is 29.3 Å². The second-order valence-electron chi connectivity index (χ2n) is 11.4. The zero-order valence-corrected chi connectivity index (χ0v) is 21.2. The van der Waals surface area contributed by atoms with Crippen LogP contribution in [0.3, 0.4) is 0 Å². The van der Waals surface area contributed by atoms with Gasteiger partial charge in [0.25, 0.3) is 5.91 Å². The Morgan fingerprint density at radius 2 is 1.84 bits per heavy atom. The first-order valence-corrected chi connectivity index (χ1v) is 13.9. The lowest BCUT2D eigenvalue weighted by Gasteiger charge is -2.45. The van der Waals surface area contributed by atoms with Gasteiger partial charge in [-0.1, -0.05) is 25.7 Å². The van der Waals surface area contributed by atoms with E-state index in [0.29, 0.717) is 31.8 Å². The fourth-order valence-electron chi connectivity index (χ4n) is 6.75. The summed E-state index contributed by atoms with van der Waals surface area (Å²) in [5.41, 5.74) is 6.15. The molecule has 12 heteroatoms. The standard InChI is InChI=1S/C25H41FN4O7/c26-16-8-4-7-15(9-16)17-12-30(28-27-17)21-22(33)19(13-31)37-25(23(21)34)36-18-10-20(32)29(24(18)35)11-14-5-2-1-3-6-14/h14-19,21-23,25,27-28,31,33-34H,1-13H2/t15?,16?,17?,18?,19-,21+,22+,23-,25-/m1/s1. The molecule has 37 heavy (non-hydrogen) atoms. The fourth-order valence-corrected chi connectivity index (χ4v) is 6.75. The highest BCUT2D eigenvalue weighted by Gasteiger charge is 2.52. The van der Waals surface area contributed by atoms with E-state index in [1.165, 1.54) is 11.3 Å². The topological polar surface area (TPSA) is 144 Å². The number of amides is 2. The van der Waals surface area contributed by atoms with Gasteiger partial charge in [0, 0.05) is 19.1 Å². The number of hydrogen-bond donors (Lipinski definition) is 5. The molecule has 9 atom stereocenters. The van der Waals surface area contributed by atoms with Gasteiger partial charge in [-0.25, -0.2) is 14.8 Å². The third-order valence-electron chi connectivity index (χ3n) is 8.88. The number of aliphatic hydroxyl groups excluding tert-OH is 3. The van der Waals surface area contributed by atoms with Crippen molar-refractivity contribution in [1.82, 2.24) is 20.9 Å². The highest BCUT2D eigenvalue weighted by atomic mass is 19.1. The van der Waals surface area contributed by atoms with Crippen LogP contribution in [0.2, 0.25) is 0 Å². The van der Waals surface area contributed by atoms with Crippen molar-refractivity contribution in [2.45, 2.75) is 113 Å². The van der Waals surface area contributed by atoms with Crippen molar-refractivity contribution in [2.24, 2.45) is 11.8 Å². The van der Waals surface area contributed by atoms with E-state index in [0.717, 1.165) is 38.5 Å². The smallest absolute Gasteiger partial charge is 0.258 e. The van der Waals surface area contributed by atoms with Crippen LogP contribution in [0.4, 0.5) is 4.39 Å². The molecule has 2 saturated carbocycles. The molecule has 0 aromatic rings. The van der Waals surface area contributed by atoms with Crippen molar-refractivity contribution in [3.8, 4) is 0 Å². The molecule has 5 fully saturated rings. The molecule has 4 unspecified atom stereocenters. The molecule has 3 heterocycles. The number of likely N-dealkylation sites (tertiary alicyclic amines) is 1. The molecular formula is C25H41FN4O7. The molecule has 11 nitrogen and oxygen atoms in total. The van der Waals surface area contributed by atoms with Crippen LogP contribution in [0.1, 0.15) is 64.2 Å². The molecular weight excluding hydrogens is 487 g/mol. The van der Waals surface area contributed by atoms with Crippen LogP contribution in [0.15, 0.2) is 0 Å². The number of nitrogens with zero attached hydrogens (tertiary/aromatic N) is 2. The van der Waals surface area contributed by atoms with Crippen molar-refractivity contribution in [2.75, 3.05) is 19.7 Å². The SMILES string of the molecule is O=C1CC(O[C@@H]2O[C@H](CO)[C@H](O)[C@H](N3CC(C4CCCC(F)C4)NN3)[C@H]2O)C(=O)N1CC1CCCCC1. The minimum Gasteiger partial charge on any atom is -0.394 e. The van der Waals surface area contributed by atoms with Crippen LogP contribution < -0.4 is 11.0 Å². The molecule has 0 spiro atoms. The van der Waals surface area contributed by atoms with Gasteiger partial charge in [-0.3, -0.25) is 14.5 Å².